The molecule has 13 nitrogen and oxygen atoms in total. The third-order valence-electron chi connectivity index (χ3n) is 8.04. The van der Waals surface area contributed by atoms with E-state index in [9.17, 15) is 36.6 Å². The number of ether oxygens (including phenoxy) is 2. The number of hydrogen-bond donors (Lipinski definition) is 3. The molecule has 0 saturated heterocycles. The molecular formula is C38H51N3O10S2. The minimum Gasteiger partial charge on any atom is -0.508 e. The van der Waals surface area contributed by atoms with E-state index in [2.05, 4.69) is 5.32 Å². The van der Waals surface area contributed by atoms with Crippen LogP contribution in [-0.4, -0.2) is 77.9 Å². The van der Waals surface area contributed by atoms with Gasteiger partial charge >= 0.3 is 5.97 Å². The maximum atomic E-state index is 14.6. The number of aliphatic hydroxyl groups is 1. The summed E-state index contributed by atoms with van der Waals surface area (Å²) in [4.78, 5) is 26.4. The van der Waals surface area contributed by atoms with Crippen LogP contribution in [0, 0.1) is 0 Å². The van der Waals surface area contributed by atoms with Crippen LogP contribution in [0.15, 0.2) is 64.4 Å². The summed E-state index contributed by atoms with van der Waals surface area (Å²) in [6.07, 6.45) is 4.89. The number of methoxy groups -OCH3 is 1. The number of hydrogen-bond acceptors (Lipinski definition) is 10. The second-order valence-corrected chi connectivity index (χ2v) is 16.8. The van der Waals surface area contributed by atoms with Crippen molar-refractivity contribution in [2.24, 2.45) is 0 Å². The number of carbonyl (C=O) groups excluding carboxylic acids is 2. The van der Waals surface area contributed by atoms with Crippen LogP contribution in [0.2, 0.25) is 0 Å². The van der Waals surface area contributed by atoms with Gasteiger partial charge in [0.1, 0.15) is 30.2 Å². The molecule has 53 heavy (non-hydrogen) atoms. The predicted octanol–water partition coefficient (Wildman–Crippen LogP) is 3.58. The van der Waals surface area contributed by atoms with Crippen molar-refractivity contribution in [1.82, 2.24) is 5.32 Å². The average Bonchev–Trinajstić information content (AvgIpc) is 3.10. The van der Waals surface area contributed by atoms with Crippen molar-refractivity contribution in [1.29, 1.82) is 0 Å². The normalized spacial score (nSPS) is 12.8. The van der Waals surface area contributed by atoms with E-state index in [1.165, 1.54) is 61.7 Å². The van der Waals surface area contributed by atoms with Gasteiger partial charge in [-0.05, 0) is 114 Å². The maximum Gasteiger partial charge on any atom is 0.327 e. The highest BCUT2D eigenvalue weighted by Crippen LogP contribution is 2.30. The average molecular weight is 774 g/mol. The van der Waals surface area contributed by atoms with Gasteiger partial charge in [0.25, 0.3) is 20.0 Å². The molecule has 3 aromatic carbocycles. The van der Waals surface area contributed by atoms with E-state index in [1.807, 2.05) is 6.92 Å². The lowest BCUT2D eigenvalue weighted by molar-refractivity contribution is -0.152. The number of carbonyl (C=O) groups is 2. The molecule has 0 saturated carbocycles. The Bertz CT molecular complexity index is 2080. The van der Waals surface area contributed by atoms with E-state index in [0.717, 1.165) is 15.0 Å². The Balaban J connectivity index is 2.47. The molecule has 0 aliphatic carbocycles. The van der Waals surface area contributed by atoms with Crippen molar-refractivity contribution in [2.75, 3.05) is 42.0 Å². The maximum absolute atomic E-state index is 14.6. The fourth-order valence-electron chi connectivity index (χ4n) is 5.59. The molecule has 0 radical (unpaired) electrons. The zero-order chi connectivity index (χ0) is 39.6. The van der Waals surface area contributed by atoms with Gasteiger partial charge in [-0.3, -0.25) is 18.2 Å². The van der Waals surface area contributed by atoms with E-state index in [4.69, 9.17) is 9.47 Å². The molecule has 3 N–H and O–H groups in total. The summed E-state index contributed by atoms with van der Waals surface area (Å²) in [5.41, 5.74) is -0.520. The molecule has 290 valence electrons. The lowest BCUT2D eigenvalue weighted by Gasteiger charge is -2.31. The number of anilines is 2. The summed E-state index contributed by atoms with van der Waals surface area (Å²) in [6.45, 7) is 8.90. The van der Waals surface area contributed by atoms with Crippen molar-refractivity contribution in [3.8, 4) is 11.5 Å². The molecule has 0 heterocycles. The lowest BCUT2D eigenvalue weighted by Crippen LogP contribution is -2.48. The van der Waals surface area contributed by atoms with Crippen LogP contribution in [0.1, 0.15) is 66.4 Å². The number of rotatable bonds is 17. The minimum absolute atomic E-state index is 0.0579. The van der Waals surface area contributed by atoms with Crippen LogP contribution in [0.5, 0.6) is 11.5 Å². The van der Waals surface area contributed by atoms with Gasteiger partial charge in [-0.1, -0.05) is 25.5 Å². The Morgan fingerprint density at radius 2 is 1.42 bits per heavy atom. The number of aromatic hydroxyl groups is 1. The molecule has 0 atom stereocenters. The highest BCUT2D eigenvalue weighted by molar-refractivity contribution is 7.93. The van der Waals surface area contributed by atoms with Crippen LogP contribution in [0.25, 0.3) is 12.2 Å². The number of aliphatic hydroxyl groups excluding tert-OH is 1. The SMILES string of the molecule is C/C=c1/c(N(CC(=O)NCCCC)S(=O)(=O)c2ccc(O)cc2)cc(CCCO)c(N(CC(=O)OC(C)(C)C)S(=O)(=O)c2ccc(OC)cc2)/c1=C/C. The highest BCUT2D eigenvalue weighted by atomic mass is 32.2. The Labute approximate surface area is 312 Å². The lowest BCUT2D eigenvalue weighted by atomic mass is 10.0. The minimum atomic E-state index is -4.51. The van der Waals surface area contributed by atoms with E-state index >= 15 is 0 Å². The van der Waals surface area contributed by atoms with Gasteiger partial charge in [-0.15, -0.1) is 0 Å². The van der Waals surface area contributed by atoms with Crippen LogP contribution in [-0.2, 0) is 40.8 Å². The molecule has 0 aliphatic rings. The summed E-state index contributed by atoms with van der Waals surface area (Å²) >= 11 is 0. The number of amides is 1. The van der Waals surface area contributed by atoms with Crippen molar-refractivity contribution in [2.45, 2.75) is 82.6 Å². The quantitative estimate of drug-likeness (QED) is 0.136. The molecule has 0 bridgehead atoms. The number of esters is 1. The fraction of sp³-hybridized carbons (Fsp3) is 0.421. The number of unbranched alkanes of at least 4 members (excludes halogenated alkanes) is 1. The van der Waals surface area contributed by atoms with Gasteiger partial charge in [0, 0.05) is 23.6 Å². The Morgan fingerprint density at radius 3 is 1.92 bits per heavy atom. The molecule has 0 aromatic heterocycles. The molecule has 0 fully saturated rings. The van der Waals surface area contributed by atoms with Gasteiger partial charge in [0.05, 0.1) is 28.3 Å². The summed E-state index contributed by atoms with van der Waals surface area (Å²) < 4.78 is 70.8. The summed E-state index contributed by atoms with van der Waals surface area (Å²) in [7, 11) is -7.55. The number of aryl methyl sites for hydroxylation is 1. The first-order chi connectivity index (χ1) is 24.9. The number of benzene rings is 3. The highest BCUT2D eigenvalue weighted by Gasteiger charge is 2.34. The standard InChI is InChI=1S/C38H51N3O10S2/c1-8-11-22-39-35(44)25-40(52(46,47)30-18-14-28(43)15-19-30)34-24-27(13-12-23-42)37(33(10-3)32(34)9-2)41(26-36(45)51-38(4,5)6)53(48,49)31-20-16-29(50-7)17-21-31/h9-10,14-21,24,42-43H,8,11-13,22-23,25-26H2,1-7H3,(H,39,44)/b32-9+,33-10+. The number of nitrogens with zero attached hydrogens (tertiary/aromatic N) is 2. The van der Waals surface area contributed by atoms with Crippen LogP contribution >= 0.6 is 0 Å². The fourth-order valence-corrected chi connectivity index (χ4v) is 8.49. The number of nitrogens with one attached hydrogen (secondary N) is 1. The van der Waals surface area contributed by atoms with E-state index in [1.54, 1.807) is 46.8 Å². The number of phenolic OH excluding ortho intramolecular Hbond substituents is 1. The summed E-state index contributed by atoms with van der Waals surface area (Å²) in [5.74, 6) is -1.15. The van der Waals surface area contributed by atoms with Gasteiger partial charge in [0.2, 0.25) is 5.91 Å². The molecule has 3 aromatic rings. The topological polar surface area (TPSA) is 180 Å². The van der Waals surface area contributed by atoms with Crippen LogP contribution < -0.4 is 29.1 Å². The second-order valence-electron chi connectivity index (χ2n) is 13.1. The predicted molar refractivity (Wildman–Crippen MR) is 205 cm³/mol. The van der Waals surface area contributed by atoms with Crippen molar-refractivity contribution >= 4 is 55.4 Å². The molecule has 0 unspecified atom stereocenters. The molecule has 15 heteroatoms. The molecule has 0 aliphatic heterocycles. The summed E-state index contributed by atoms with van der Waals surface area (Å²) in [6, 6.07) is 12.0. The summed E-state index contributed by atoms with van der Waals surface area (Å²) in [5, 5.41) is 23.1. The van der Waals surface area contributed by atoms with Gasteiger partial charge in [-0.2, -0.15) is 0 Å². The van der Waals surface area contributed by atoms with Crippen LogP contribution in [0.3, 0.4) is 0 Å². The monoisotopic (exact) mass is 773 g/mol. The van der Waals surface area contributed by atoms with Gasteiger partial charge in [-0.25, -0.2) is 16.8 Å². The number of phenols is 1. The third-order valence-corrected chi connectivity index (χ3v) is 11.6. The van der Waals surface area contributed by atoms with Gasteiger partial charge in [0.15, 0.2) is 0 Å². The van der Waals surface area contributed by atoms with Crippen molar-refractivity contribution < 1.29 is 46.1 Å². The number of sulfonamides is 2. The molecule has 0 spiro atoms. The first-order valence-corrected chi connectivity index (χ1v) is 20.2. The van der Waals surface area contributed by atoms with E-state index in [0.29, 0.717) is 18.7 Å². The van der Waals surface area contributed by atoms with Gasteiger partial charge < -0.3 is 25.0 Å². The van der Waals surface area contributed by atoms with Crippen LogP contribution in [0.4, 0.5) is 11.4 Å². The second kappa shape index (κ2) is 18.4. The van der Waals surface area contributed by atoms with E-state index in [-0.39, 0.29) is 62.4 Å². The van der Waals surface area contributed by atoms with E-state index < -0.39 is 50.6 Å². The van der Waals surface area contributed by atoms with Crippen molar-refractivity contribution in [3.05, 3.63) is 70.6 Å². The zero-order valence-corrected chi connectivity index (χ0v) is 33.0. The molecule has 1 amide bonds. The Hall–Kier alpha value is -4.60. The first-order valence-electron chi connectivity index (χ1n) is 17.3. The van der Waals surface area contributed by atoms with Crippen molar-refractivity contribution in [3.63, 3.8) is 0 Å². The molecule has 3 rings (SSSR count). The zero-order valence-electron chi connectivity index (χ0n) is 31.4. The largest absolute Gasteiger partial charge is 0.508 e. The third kappa shape index (κ3) is 10.7. The Kier molecular flexibility index (Phi) is 14.9. The smallest absolute Gasteiger partial charge is 0.327 e. The first kappa shape index (κ1) is 42.8. The molecular weight excluding hydrogens is 723 g/mol. The Morgan fingerprint density at radius 1 is 0.849 bits per heavy atom.